The van der Waals surface area contributed by atoms with Crippen LogP contribution in [0.3, 0.4) is 0 Å². The van der Waals surface area contributed by atoms with Gasteiger partial charge in [-0.2, -0.15) is 0 Å². The van der Waals surface area contributed by atoms with Crippen molar-refractivity contribution >= 4 is 0 Å². The van der Waals surface area contributed by atoms with Crippen LogP contribution in [0.1, 0.15) is 175 Å². The summed E-state index contributed by atoms with van der Waals surface area (Å²) in [6.07, 6.45) is 14.2. The summed E-state index contributed by atoms with van der Waals surface area (Å²) in [5.41, 5.74) is 0. The Morgan fingerprint density at radius 1 is 0.478 bits per heavy atom. The number of methoxy groups -OCH3 is 3. The minimum atomic E-state index is 0. The smallest absolute Gasteiger partial charge is 0.0598 e. The van der Waals surface area contributed by atoms with Crippen LogP contribution in [0.25, 0.3) is 0 Å². The molecule has 0 amide bonds. The van der Waals surface area contributed by atoms with Crippen LogP contribution >= 0.6 is 0 Å². The first kappa shape index (κ1) is 58.0. The van der Waals surface area contributed by atoms with Gasteiger partial charge in [0.05, 0.1) is 18.3 Å². The Bertz CT molecular complexity index is 469. The Hall–Kier alpha value is -0.200. The molecule has 0 saturated carbocycles. The Morgan fingerprint density at radius 2 is 0.913 bits per heavy atom. The fourth-order valence-corrected chi connectivity index (χ4v) is 3.86. The average Bonchev–Trinajstić information content (AvgIpc) is 2.98. The Kier molecular flexibility index (Phi) is 59.2. The summed E-state index contributed by atoms with van der Waals surface area (Å²) in [5, 5.41) is 0. The van der Waals surface area contributed by atoms with Crippen molar-refractivity contribution in [3.63, 3.8) is 0 Å². The molecule has 5 heteroatoms. The number of unbranched alkanes of at least 4 members (excludes halogenated alkanes) is 5. The zero-order chi connectivity index (χ0) is 36.1. The minimum absolute atomic E-state index is 0. The van der Waals surface area contributed by atoms with Crippen LogP contribution in [0.2, 0.25) is 0 Å². The molecule has 0 aliphatic heterocycles. The topological polar surface area (TPSA) is 46.2 Å². The van der Waals surface area contributed by atoms with Gasteiger partial charge >= 0.3 is 0 Å². The summed E-state index contributed by atoms with van der Waals surface area (Å²) in [5.74, 6) is 3.33. The molecule has 46 heavy (non-hydrogen) atoms. The number of rotatable bonds is 22. The lowest BCUT2D eigenvalue weighted by atomic mass is 10.0. The highest BCUT2D eigenvalue weighted by atomic mass is 16.5. The van der Waals surface area contributed by atoms with E-state index in [2.05, 4.69) is 96.9 Å². The van der Waals surface area contributed by atoms with E-state index in [0.717, 1.165) is 26.4 Å². The molecule has 5 nitrogen and oxygen atoms in total. The maximum absolute atomic E-state index is 5.89. The highest BCUT2D eigenvalue weighted by molar-refractivity contribution is 4.63. The molecular weight excluding hydrogens is 572 g/mol. The van der Waals surface area contributed by atoms with Gasteiger partial charge in [-0.25, -0.2) is 0 Å². The molecule has 3 unspecified atom stereocenters. The molecule has 0 fully saturated rings. The third kappa shape index (κ3) is 56.2. The van der Waals surface area contributed by atoms with Crippen molar-refractivity contribution in [1.82, 2.24) is 0 Å². The quantitative estimate of drug-likeness (QED) is 0.108. The highest BCUT2D eigenvalue weighted by Crippen LogP contribution is 2.16. The molecule has 0 saturated heterocycles. The second kappa shape index (κ2) is 46.9. The second-order valence-corrected chi connectivity index (χ2v) is 14.1. The number of hydrogen-bond donors (Lipinski definition) is 0. The van der Waals surface area contributed by atoms with Gasteiger partial charge < -0.3 is 23.7 Å². The molecule has 0 aromatic heterocycles. The van der Waals surface area contributed by atoms with E-state index in [1.54, 1.807) is 14.2 Å². The SMILES string of the molecule is C.CCCCCC(OC)C(C)C.CCCCCC(OCCCC)C(C)C.CCOCC(C)C.COC(C)C(C)C.COCC(C)C. The van der Waals surface area contributed by atoms with Crippen LogP contribution in [-0.4, -0.2) is 66.1 Å². The fraction of sp³-hybridized carbons (Fsp3) is 1.00. The summed E-state index contributed by atoms with van der Waals surface area (Å²) < 4.78 is 26.2. The molecule has 0 radical (unpaired) electrons. The molecule has 0 heterocycles. The predicted octanol–water partition coefficient (Wildman–Crippen LogP) is 12.9. The summed E-state index contributed by atoms with van der Waals surface area (Å²) in [7, 11) is 5.28. The lowest BCUT2D eigenvalue weighted by Gasteiger charge is -2.21. The van der Waals surface area contributed by atoms with E-state index >= 15 is 0 Å². The predicted molar refractivity (Wildman–Crippen MR) is 209 cm³/mol. The maximum atomic E-state index is 5.89. The van der Waals surface area contributed by atoms with Crippen molar-refractivity contribution in [1.29, 1.82) is 0 Å². The lowest BCUT2D eigenvalue weighted by molar-refractivity contribution is 0.0138. The zero-order valence-corrected chi connectivity index (χ0v) is 34.6. The van der Waals surface area contributed by atoms with Crippen LogP contribution in [0.15, 0.2) is 0 Å². The zero-order valence-electron chi connectivity index (χ0n) is 34.6. The van der Waals surface area contributed by atoms with Gasteiger partial charge in [-0.1, -0.05) is 142 Å². The van der Waals surface area contributed by atoms with Crippen molar-refractivity contribution in [3.8, 4) is 0 Å². The summed E-state index contributed by atoms with van der Waals surface area (Å²) in [4.78, 5) is 0. The van der Waals surface area contributed by atoms with Gasteiger partial charge in [-0.15, -0.1) is 0 Å². The van der Waals surface area contributed by atoms with E-state index in [9.17, 15) is 0 Å². The molecule has 0 aliphatic carbocycles. The van der Waals surface area contributed by atoms with Crippen LogP contribution in [0, 0.1) is 29.6 Å². The average molecular weight is 667 g/mol. The number of hydrogen-bond acceptors (Lipinski definition) is 5. The maximum Gasteiger partial charge on any atom is 0.0598 e. The van der Waals surface area contributed by atoms with E-state index in [1.165, 1.54) is 64.2 Å². The minimum Gasteiger partial charge on any atom is -0.384 e. The third-order valence-electron chi connectivity index (χ3n) is 7.27. The molecule has 0 N–H and O–H groups in total. The van der Waals surface area contributed by atoms with Crippen LogP contribution in [0.4, 0.5) is 0 Å². The first-order valence-electron chi connectivity index (χ1n) is 18.9. The molecule has 0 aliphatic rings. The van der Waals surface area contributed by atoms with Crippen molar-refractivity contribution in [2.45, 2.75) is 194 Å². The molecule has 3 atom stereocenters. The van der Waals surface area contributed by atoms with Crippen molar-refractivity contribution in [2.24, 2.45) is 29.6 Å². The molecule has 0 aromatic rings. The van der Waals surface area contributed by atoms with Crippen molar-refractivity contribution in [2.75, 3.05) is 47.8 Å². The van der Waals surface area contributed by atoms with Crippen LogP contribution < -0.4 is 0 Å². The van der Waals surface area contributed by atoms with E-state index in [0.29, 0.717) is 47.9 Å². The third-order valence-corrected chi connectivity index (χ3v) is 7.27. The van der Waals surface area contributed by atoms with Gasteiger partial charge in [-0.05, 0) is 62.7 Å². The first-order chi connectivity index (χ1) is 21.2. The standard InChI is InChI=1S/C13H28O.C10H22O.2C6H14O.C5H12O.CH4/c1-5-7-9-10-13(12(3)4)14-11-8-6-2;1-5-6-7-8-10(11-4)9(2)3;1-5(2)6(3)7-4;1-4-7-5-6(2)3;1-5(2)4-6-3;/h12-13H,5-11H2,1-4H3;9-10H,5-8H2,1-4H3;5-6H,1-4H3;6H,4-5H2,1-3H3;5H,4H2,1-3H3;1H4. The van der Waals surface area contributed by atoms with Crippen LogP contribution in [-0.2, 0) is 23.7 Å². The van der Waals surface area contributed by atoms with Gasteiger partial charge in [0.2, 0.25) is 0 Å². The Labute approximate surface area is 294 Å². The molecule has 288 valence electrons. The molecular formula is C41H94O5. The second-order valence-electron chi connectivity index (χ2n) is 14.1. The van der Waals surface area contributed by atoms with E-state index in [1.807, 2.05) is 14.0 Å². The fourth-order valence-electron chi connectivity index (χ4n) is 3.86. The molecule has 0 spiro atoms. The summed E-state index contributed by atoms with van der Waals surface area (Å²) >= 11 is 0. The van der Waals surface area contributed by atoms with Gasteiger partial charge in [0.25, 0.3) is 0 Å². The molecule has 0 bridgehead atoms. The highest BCUT2D eigenvalue weighted by Gasteiger charge is 2.13. The van der Waals surface area contributed by atoms with Crippen molar-refractivity contribution < 1.29 is 23.7 Å². The largest absolute Gasteiger partial charge is 0.384 e. The Morgan fingerprint density at radius 3 is 1.13 bits per heavy atom. The summed E-state index contributed by atoms with van der Waals surface area (Å²) in [6, 6.07) is 0. The first-order valence-corrected chi connectivity index (χ1v) is 18.9. The van der Waals surface area contributed by atoms with E-state index in [-0.39, 0.29) is 7.43 Å². The van der Waals surface area contributed by atoms with Gasteiger partial charge in [0, 0.05) is 47.8 Å². The van der Waals surface area contributed by atoms with Gasteiger partial charge in [0.1, 0.15) is 0 Å². The van der Waals surface area contributed by atoms with Crippen molar-refractivity contribution in [3.05, 3.63) is 0 Å². The molecule has 0 aromatic carbocycles. The Balaban J connectivity index is -0.000000112. The lowest BCUT2D eigenvalue weighted by Crippen LogP contribution is -2.20. The monoisotopic (exact) mass is 667 g/mol. The summed E-state index contributed by atoms with van der Waals surface area (Å²) in [6.45, 7) is 36.2. The van der Waals surface area contributed by atoms with E-state index < -0.39 is 0 Å². The number of ether oxygens (including phenoxy) is 5. The van der Waals surface area contributed by atoms with Gasteiger partial charge in [0.15, 0.2) is 0 Å². The normalized spacial score (nSPS) is 12.6. The van der Waals surface area contributed by atoms with E-state index in [4.69, 9.17) is 23.7 Å². The van der Waals surface area contributed by atoms with Crippen LogP contribution in [0.5, 0.6) is 0 Å². The van der Waals surface area contributed by atoms with Gasteiger partial charge in [-0.3, -0.25) is 0 Å². The molecule has 0 rings (SSSR count).